The van der Waals surface area contributed by atoms with Gasteiger partial charge >= 0.3 is 0 Å². The minimum atomic E-state index is -0.452. The van der Waals surface area contributed by atoms with E-state index < -0.39 is 12.1 Å². The number of nitrogens with zero attached hydrogens (tertiary/aromatic N) is 2. The summed E-state index contributed by atoms with van der Waals surface area (Å²) in [6, 6.07) is 11.2. The number of aliphatic hydroxyl groups excluding tert-OH is 2. The molecular weight excluding hydrogens is 216 g/mol. The highest BCUT2D eigenvalue weighted by Gasteiger charge is 2.35. The maximum atomic E-state index is 9.63. The number of likely N-dealkylation sites (tertiary alicyclic amines) is 1. The predicted octanol–water partition coefficient (Wildman–Crippen LogP) is 0.679. The first-order valence-electron chi connectivity index (χ1n) is 5.75. The van der Waals surface area contributed by atoms with Crippen molar-refractivity contribution in [1.29, 1.82) is 5.26 Å². The largest absolute Gasteiger partial charge is 0.395 e. The van der Waals surface area contributed by atoms with E-state index in [1.54, 1.807) is 0 Å². The molecule has 17 heavy (non-hydrogen) atoms. The van der Waals surface area contributed by atoms with Crippen LogP contribution in [0.5, 0.6) is 0 Å². The smallest absolute Gasteiger partial charge is 0.124 e. The van der Waals surface area contributed by atoms with Crippen LogP contribution in [-0.4, -0.2) is 40.4 Å². The Labute approximate surface area is 101 Å². The van der Waals surface area contributed by atoms with Crippen LogP contribution >= 0.6 is 0 Å². The molecule has 1 heterocycles. The molecule has 3 atom stereocenters. The summed E-state index contributed by atoms with van der Waals surface area (Å²) in [6.45, 7) is 0.417. The summed E-state index contributed by atoms with van der Waals surface area (Å²) in [5.41, 5.74) is 0.905. The van der Waals surface area contributed by atoms with Crippen LogP contribution in [0.15, 0.2) is 30.3 Å². The molecule has 4 heteroatoms. The molecule has 0 radical (unpaired) electrons. The van der Waals surface area contributed by atoms with E-state index in [1.165, 1.54) is 0 Å². The van der Waals surface area contributed by atoms with Crippen molar-refractivity contribution >= 4 is 0 Å². The zero-order valence-corrected chi connectivity index (χ0v) is 9.53. The van der Waals surface area contributed by atoms with Gasteiger partial charge in [-0.2, -0.15) is 5.26 Å². The molecule has 2 N–H and O–H groups in total. The lowest BCUT2D eigenvalue weighted by atomic mass is 10.1. The van der Waals surface area contributed by atoms with Gasteiger partial charge in [-0.3, -0.25) is 4.90 Å². The average molecular weight is 232 g/mol. The molecule has 1 fully saturated rings. The summed E-state index contributed by atoms with van der Waals surface area (Å²) in [5, 5.41) is 28.2. The van der Waals surface area contributed by atoms with Crippen molar-refractivity contribution in [1.82, 2.24) is 4.90 Å². The summed E-state index contributed by atoms with van der Waals surface area (Å²) in [4.78, 5) is 1.88. The molecule has 0 aromatic heterocycles. The van der Waals surface area contributed by atoms with Crippen LogP contribution in [0.25, 0.3) is 0 Å². The lowest BCUT2D eigenvalue weighted by Gasteiger charge is -2.27. The number of β-amino-alcohol motifs (C(OH)–C–C–N with tert-alkyl or cyclic N) is 1. The molecule has 90 valence electrons. The number of benzene rings is 1. The highest BCUT2D eigenvalue weighted by molar-refractivity contribution is 5.24. The molecule has 2 rings (SSSR count). The molecular formula is C13H16N2O2. The van der Waals surface area contributed by atoms with Crippen molar-refractivity contribution in [3.63, 3.8) is 0 Å². The van der Waals surface area contributed by atoms with E-state index in [0.717, 1.165) is 5.56 Å². The van der Waals surface area contributed by atoms with Crippen LogP contribution in [-0.2, 0) is 0 Å². The van der Waals surface area contributed by atoms with Crippen LogP contribution in [0.2, 0.25) is 0 Å². The molecule has 0 spiro atoms. The molecule has 1 aromatic carbocycles. The molecule has 0 unspecified atom stereocenters. The van der Waals surface area contributed by atoms with Crippen molar-refractivity contribution < 1.29 is 10.2 Å². The van der Waals surface area contributed by atoms with E-state index in [0.29, 0.717) is 13.0 Å². The van der Waals surface area contributed by atoms with Gasteiger partial charge in [-0.15, -0.1) is 0 Å². The molecule has 4 nitrogen and oxygen atoms in total. The van der Waals surface area contributed by atoms with Crippen molar-refractivity contribution in [2.24, 2.45) is 0 Å². The third kappa shape index (κ3) is 2.47. The van der Waals surface area contributed by atoms with Gasteiger partial charge in [-0.25, -0.2) is 0 Å². The van der Waals surface area contributed by atoms with Gasteiger partial charge in [0, 0.05) is 12.6 Å². The second-order valence-electron chi connectivity index (χ2n) is 4.37. The molecule has 0 saturated carbocycles. The first-order valence-corrected chi connectivity index (χ1v) is 5.75. The molecule has 0 bridgehead atoms. The minimum absolute atomic E-state index is 0.0257. The van der Waals surface area contributed by atoms with Crippen LogP contribution in [0.4, 0.5) is 0 Å². The number of hydrogen-bond acceptors (Lipinski definition) is 4. The van der Waals surface area contributed by atoms with Crippen LogP contribution in [0.1, 0.15) is 18.0 Å². The lowest BCUT2D eigenvalue weighted by Crippen LogP contribution is -2.35. The Hall–Kier alpha value is -1.41. The summed E-state index contributed by atoms with van der Waals surface area (Å²) >= 11 is 0. The Morgan fingerprint density at radius 3 is 2.71 bits per heavy atom. The molecule has 1 aromatic rings. The maximum Gasteiger partial charge on any atom is 0.124 e. The SMILES string of the molecule is N#C[C@H](c1ccccc1)N1C[C@H](O)C[C@H]1CO. The van der Waals surface area contributed by atoms with Crippen molar-refractivity contribution in [2.45, 2.75) is 24.6 Å². The standard InChI is InChI=1S/C13H16N2O2/c14-7-13(10-4-2-1-3-5-10)15-8-12(17)6-11(15)9-16/h1-5,11-13,16-17H,6,8-9H2/t11-,12+,13+/m0/s1. The fourth-order valence-corrected chi connectivity index (χ4v) is 2.39. The molecule has 1 saturated heterocycles. The predicted molar refractivity (Wildman–Crippen MR) is 63.0 cm³/mol. The first kappa shape index (κ1) is 12.1. The summed E-state index contributed by atoms with van der Waals surface area (Å²) < 4.78 is 0. The van der Waals surface area contributed by atoms with Gasteiger partial charge in [0.25, 0.3) is 0 Å². The Balaban J connectivity index is 2.22. The number of nitriles is 1. The highest BCUT2D eigenvalue weighted by Crippen LogP contribution is 2.28. The van der Waals surface area contributed by atoms with Crippen molar-refractivity contribution in [3.8, 4) is 6.07 Å². The van der Waals surface area contributed by atoms with E-state index in [4.69, 9.17) is 0 Å². The fraction of sp³-hybridized carbons (Fsp3) is 0.462. The third-order valence-corrected chi connectivity index (χ3v) is 3.21. The highest BCUT2D eigenvalue weighted by atomic mass is 16.3. The van der Waals surface area contributed by atoms with Gasteiger partial charge in [-0.05, 0) is 12.0 Å². The summed E-state index contributed by atoms with van der Waals surface area (Å²) in [5.74, 6) is 0. The number of rotatable bonds is 3. The topological polar surface area (TPSA) is 67.5 Å². The van der Waals surface area contributed by atoms with Gasteiger partial charge < -0.3 is 10.2 Å². The van der Waals surface area contributed by atoms with Crippen molar-refractivity contribution in [2.75, 3.05) is 13.2 Å². The van der Waals surface area contributed by atoms with Crippen LogP contribution < -0.4 is 0 Å². The van der Waals surface area contributed by atoms with E-state index in [1.807, 2.05) is 35.2 Å². The van der Waals surface area contributed by atoms with Crippen molar-refractivity contribution in [3.05, 3.63) is 35.9 Å². The quantitative estimate of drug-likeness (QED) is 0.804. The normalized spacial score (nSPS) is 26.6. The Bertz CT molecular complexity index is 402. The molecule has 1 aliphatic heterocycles. The Morgan fingerprint density at radius 2 is 2.12 bits per heavy atom. The Kier molecular flexibility index (Phi) is 3.75. The zero-order valence-electron chi connectivity index (χ0n) is 9.53. The number of hydrogen-bond donors (Lipinski definition) is 2. The lowest BCUT2D eigenvalue weighted by molar-refractivity contribution is 0.135. The second-order valence-corrected chi connectivity index (χ2v) is 4.37. The molecule has 0 amide bonds. The zero-order chi connectivity index (χ0) is 12.3. The van der Waals surface area contributed by atoms with Gasteiger partial charge in [-0.1, -0.05) is 30.3 Å². The van der Waals surface area contributed by atoms with E-state index >= 15 is 0 Å². The van der Waals surface area contributed by atoms with E-state index in [9.17, 15) is 15.5 Å². The fourth-order valence-electron chi connectivity index (χ4n) is 2.39. The summed E-state index contributed by atoms with van der Waals surface area (Å²) in [7, 11) is 0. The number of aliphatic hydroxyl groups is 2. The third-order valence-electron chi connectivity index (χ3n) is 3.21. The molecule has 0 aliphatic carbocycles. The van der Waals surface area contributed by atoms with E-state index in [-0.39, 0.29) is 12.6 Å². The minimum Gasteiger partial charge on any atom is -0.395 e. The monoisotopic (exact) mass is 232 g/mol. The van der Waals surface area contributed by atoms with E-state index in [2.05, 4.69) is 6.07 Å². The van der Waals surface area contributed by atoms with Gasteiger partial charge in [0.1, 0.15) is 6.04 Å². The van der Waals surface area contributed by atoms with Crippen LogP contribution in [0.3, 0.4) is 0 Å². The second kappa shape index (κ2) is 5.28. The summed E-state index contributed by atoms with van der Waals surface area (Å²) in [6.07, 6.45) is 0.0772. The van der Waals surface area contributed by atoms with Crippen LogP contribution in [0, 0.1) is 11.3 Å². The first-order chi connectivity index (χ1) is 8.26. The average Bonchev–Trinajstić information content (AvgIpc) is 2.73. The van der Waals surface area contributed by atoms with Gasteiger partial charge in [0.05, 0.1) is 18.8 Å². The maximum absolute atomic E-state index is 9.63. The molecule has 1 aliphatic rings. The van der Waals surface area contributed by atoms with Gasteiger partial charge in [0.2, 0.25) is 0 Å². The Morgan fingerprint density at radius 1 is 1.41 bits per heavy atom. The van der Waals surface area contributed by atoms with Gasteiger partial charge in [0.15, 0.2) is 0 Å².